The lowest BCUT2D eigenvalue weighted by Crippen LogP contribution is -2.00. The van der Waals surface area contributed by atoms with Crippen LogP contribution in [0.2, 0.25) is 0 Å². The van der Waals surface area contributed by atoms with E-state index < -0.39 is 0 Å². The quantitative estimate of drug-likeness (QED) is 0.159. The third-order valence-electron chi connectivity index (χ3n) is 10.7. The first-order valence-corrected chi connectivity index (χ1v) is 19.9. The molecule has 0 N–H and O–H groups in total. The highest BCUT2D eigenvalue weighted by molar-refractivity contribution is 7.26. The van der Waals surface area contributed by atoms with E-state index in [0.717, 1.165) is 50.0 Å². The smallest absolute Gasteiger partial charge is 0.164 e. The second-order valence-electron chi connectivity index (χ2n) is 14.2. The number of para-hydroxylation sites is 1. The van der Waals surface area contributed by atoms with Gasteiger partial charge in [0.2, 0.25) is 0 Å². The number of hydrogen-bond acceptors (Lipinski definition) is 5. The average molecular weight is 745 g/mol. The van der Waals surface area contributed by atoms with Crippen molar-refractivity contribution >= 4 is 53.2 Å². The summed E-state index contributed by atoms with van der Waals surface area (Å²) in [6, 6.07) is 67.9. The van der Waals surface area contributed by atoms with E-state index >= 15 is 0 Å². The predicted molar refractivity (Wildman–Crippen MR) is 238 cm³/mol. The molecule has 3 heterocycles. The van der Waals surface area contributed by atoms with Gasteiger partial charge in [-0.25, -0.2) is 19.9 Å². The maximum absolute atomic E-state index is 5.20. The Kier molecular flexibility index (Phi) is 7.97. The molecular formula is C52H32N4S. The molecule has 0 unspecified atom stereocenters. The van der Waals surface area contributed by atoms with Crippen molar-refractivity contribution in [2.75, 3.05) is 0 Å². The lowest BCUT2D eigenvalue weighted by Gasteiger charge is -2.12. The van der Waals surface area contributed by atoms with E-state index in [2.05, 4.69) is 158 Å². The molecule has 0 aliphatic carbocycles. The van der Waals surface area contributed by atoms with Gasteiger partial charge in [-0.2, -0.15) is 0 Å². The topological polar surface area (TPSA) is 51.6 Å². The Labute approximate surface area is 333 Å². The van der Waals surface area contributed by atoms with E-state index in [-0.39, 0.29) is 0 Å². The Hall–Kier alpha value is -7.34. The average Bonchev–Trinajstić information content (AvgIpc) is 3.69. The zero-order valence-electron chi connectivity index (χ0n) is 30.7. The summed E-state index contributed by atoms with van der Waals surface area (Å²) in [7, 11) is 0. The number of rotatable bonds is 6. The van der Waals surface area contributed by atoms with Gasteiger partial charge in [-0.05, 0) is 40.5 Å². The van der Waals surface area contributed by atoms with E-state index in [1.165, 1.54) is 42.1 Å². The van der Waals surface area contributed by atoms with Crippen LogP contribution in [-0.4, -0.2) is 19.9 Å². The highest BCUT2D eigenvalue weighted by Crippen LogP contribution is 2.46. The Balaban J connectivity index is 1.07. The number of nitrogens with zero attached hydrogens (tertiary/aromatic N) is 4. The van der Waals surface area contributed by atoms with Crippen LogP contribution in [0, 0.1) is 0 Å². The molecule has 0 amide bonds. The second-order valence-corrected chi connectivity index (χ2v) is 15.2. The maximum atomic E-state index is 5.20. The molecule has 3 aromatic heterocycles. The molecular weight excluding hydrogens is 713 g/mol. The Morgan fingerprint density at radius 2 is 0.842 bits per heavy atom. The number of pyridine rings is 1. The largest absolute Gasteiger partial charge is 0.247 e. The molecule has 11 aromatic rings. The van der Waals surface area contributed by atoms with E-state index in [1.807, 2.05) is 47.7 Å². The molecule has 4 nitrogen and oxygen atoms in total. The molecule has 0 bridgehead atoms. The van der Waals surface area contributed by atoms with E-state index in [0.29, 0.717) is 17.5 Å². The van der Waals surface area contributed by atoms with Crippen molar-refractivity contribution in [3.05, 3.63) is 194 Å². The normalized spacial score (nSPS) is 11.5. The summed E-state index contributed by atoms with van der Waals surface area (Å²) in [5.41, 5.74) is 10.5. The number of aromatic nitrogens is 4. The van der Waals surface area contributed by atoms with Gasteiger partial charge in [0.1, 0.15) is 0 Å². The van der Waals surface area contributed by atoms with Crippen molar-refractivity contribution in [2.45, 2.75) is 0 Å². The predicted octanol–water partition coefficient (Wildman–Crippen LogP) is 13.9. The molecule has 0 saturated heterocycles. The lowest BCUT2D eigenvalue weighted by molar-refractivity contribution is 1.07. The number of hydrogen-bond donors (Lipinski definition) is 0. The first-order chi connectivity index (χ1) is 28.2. The summed E-state index contributed by atoms with van der Waals surface area (Å²) < 4.78 is 2.50. The third-order valence-corrected chi connectivity index (χ3v) is 11.9. The first kappa shape index (κ1) is 33.0. The molecule has 0 atom stereocenters. The zero-order valence-corrected chi connectivity index (χ0v) is 31.5. The van der Waals surface area contributed by atoms with Crippen LogP contribution in [0.3, 0.4) is 0 Å². The Morgan fingerprint density at radius 3 is 1.58 bits per heavy atom. The van der Waals surface area contributed by atoms with Gasteiger partial charge >= 0.3 is 0 Å². The van der Waals surface area contributed by atoms with Gasteiger partial charge < -0.3 is 0 Å². The molecule has 8 aromatic carbocycles. The minimum atomic E-state index is 0.634. The highest BCUT2D eigenvalue weighted by atomic mass is 32.1. The molecule has 0 aliphatic heterocycles. The first-order valence-electron chi connectivity index (χ1n) is 19.1. The van der Waals surface area contributed by atoms with Gasteiger partial charge in [-0.1, -0.05) is 176 Å². The van der Waals surface area contributed by atoms with Crippen molar-refractivity contribution in [2.24, 2.45) is 0 Å². The molecule has 0 radical (unpaired) electrons. The van der Waals surface area contributed by atoms with E-state index in [4.69, 9.17) is 19.9 Å². The SMILES string of the molecule is c1ccc(-c2ccc(-c3nc(-c4ccccc4)nc(-c4cccc(-c5cccc6c5sc5ccc7c(-c8ccccc8)nc8ccccc8c7c56)c4)n3)cc2)cc1. The summed E-state index contributed by atoms with van der Waals surface area (Å²) in [6.45, 7) is 0. The number of fused-ring (bicyclic) bond motifs is 7. The lowest BCUT2D eigenvalue weighted by atomic mass is 9.95. The Morgan fingerprint density at radius 1 is 0.316 bits per heavy atom. The summed E-state index contributed by atoms with van der Waals surface area (Å²) in [5, 5.41) is 6.09. The summed E-state index contributed by atoms with van der Waals surface area (Å²) in [4.78, 5) is 20.4. The summed E-state index contributed by atoms with van der Waals surface area (Å²) in [6.07, 6.45) is 0. The minimum absolute atomic E-state index is 0.634. The van der Waals surface area contributed by atoms with Gasteiger partial charge in [-0.3, -0.25) is 0 Å². The van der Waals surface area contributed by atoms with Crippen LogP contribution in [0.25, 0.3) is 110 Å². The second kappa shape index (κ2) is 13.7. The minimum Gasteiger partial charge on any atom is -0.247 e. The van der Waals surface area contributed by atoms with Crippen LogP contribution in [-0.2, 0) is 0 Å². The van der Waals surface area contributed by atoms with Crippen molar-refractivity contribution < 1.29 is 0 Å². The van der Waals surface area contributed by atoms with Crippen LogP contribution < -0.4 is 0 Å². The van der Waals surface area contributed by atoms with Crippen LogP contribution in [0.5, 0.6) is 0 Å². The fourth-order valence-corrected chi connectivity index (χ4v) is 9.24. The number of thiophene rings is 1. The fraction of sp³-hybridized carbons (Fsp3) is 0. The van der Waals surface area contributed by atoms with Crippen molar-refractivity contribution in [1.82, 2.24) is 19.9 Å². The van der Waals surface area contributed by atoms with Gasteiger partial charge in [0.25, 0.3) is 0 Å². The molecule has 57 heavy (non-hydrogen) atoms. The van der Waals surface area contributed by atoms with Gasteiger partial charge in [-0.15, -0.1) is 11.3 Å². The highest BCUT2D eigenvalue weighted by Gasteiger charge is 2.19. The molecule has 5 heteroatoms. The molecule has 0 saturated carbocycles. The standard InChI is InChI=1S/C52H32N4S/c1-4-14-33(15-5-1)34-26-28-37(29-27-34)51-54-50(36-18-8-3-9-19-36)55-52(56-51)39-21-12-20-38(32-39)40-23-13-24-43-47-45(57-49(40)43)31-30-42-46(47)41-22-10-11-25-44(41)53-48(42)35-16-6-2-7-17-35/h1-32H. The Bertz CT molecular complexity index is 3270. The molecule has 266 valence electrons. The van der Waals surface area contributed by atoms with Crippen molar-refractivity contribution in [3.63, 3.8) is 0 Å². The third kappa shape index (κ3) is 5.84. The molecule has 11 rings (SSSR count). The van der Waals surface area contributed by atoms with Crippen molar-refractivity contribution in [3.8, 4) is 67.7 Å². The maximum Gasteiger partial charge on any atom is 0.164 e. The molecule has 0 fully saturated rings. The van der Waals surface area contributed by atoms with Crippen LogP contribution in [0.1, 0.15) is 0 Å². The van der Waals surface area contributed by atoms with Crippen LogP contribution in [0.4, 0.5) is 0 Å². The van der Waals surface area contributed by atoms with Gasteiger partial charge in [0.15, 0.2) is 17.5 Å². The zero-order chi connectivity index (χ0) is 37.7. The fourth-order valence-electron chi connectivity index (χ4n) is 7.99. The summed E-state index contributed by atoms with van der Waals surface area (Å²) >= 11 is 1.85. The van der Waals surface area contributed by atoms with Gasteiger partial charge in [0.05, 0.1) is 11.2 Å². The number of benzene rings is 8. The van der Waals surface area contributed by atoms with E-state index in [9.17, 15) is 0 Å². The van der Waals surface area contributed by atoms with Crippen LogP contribution in [0.15, 0.2) is 194 Å². The van der Waals surface area contributed by atoms with Gasteiger partial charge in [0, 0.05) is 58.6 Å². The monoisotopic (exact) mass is 744 g/mol. The van der Waals surface area contributed by atoms with Crippen LogP contribution >= 0.6 is 11.3 Å². The molecule has 0 aliphatic rings. The van der Waals surface area contributed by atoms with Crippen molar-refractivity contribution in [1.29, 1.82) is 0 Å². The molecule has 0 spiro atoms. The van der Waals surface area contributed by atoms with E-state index in [1.54, 1.807) is 0 Å². The summed E-state index contributed by atoms with van der Waals surface area (Å²) in [5.74, 6) is 1.91.